The maximum Gasteiger partial charge on any atom is 0.0573 e. The second kappa shape index (κ2) is 6.24. The highest BCUT2D eigenvalue weighted by Gasteiger charge is 2.19. The first kappa shape index (κ1) is 11.7. The fourth-order valence-electron chi connectivity index (χ4n) is 1.58. The lowest BCUT2D eigenvalue weighted by atomic mass is 9.85. The molecule has 2 atom stereocenters. The van der Waals surface area contributed by atoms with Crippen LogP contribution >= 0.6 is 0 Å². The number of aliphatic hydroxyl groups excluding tert-OH is 1. The normalized spacial score (nSPS) is 16.1. The first-order valence-electron chi connectivity index (χ1n) is 4.92. The molecule has 0 fully saturated rings. The van der Waals surface area contributed by atoms with Gasteiger partial charge in [0, 0.05) is 0 Å². The summed E-state index contributed by atoms with van der Waals surface area (Å²) < 4.78 is 0. The average molecular weight is 170 g/mol. The lowest BCUT2D eigenvalue weighted by Crippen LogP contribution is -2.24. The predicted molar refractivity (Wildman–Crippen MR) is 54.1 cm³/mol. The van der Waals surface area contributed by atoms with E-state index in [1.54, 1.807) is 0 Å². The topological polar surface area (TPSA) is 20.2 Å². The molecule has 1 N–H and O–H groups in total. The minimum absolute atomic E-state index is 0.145. The molecule has 72 valence electrons. The van der Waals surface area contributed by atoms with Crippen molar-refractivity contribution in [3.05, 3.63) is 12.7 Å². The van der Waals surface area contributed by atoms with Crippen molar-refractivity contribution in [2.24, 2.45) is 11.8 Å². The smallest absolute Gasteiger partial charge is 0.0573 e. The second-order valence-corrected chi connectivity index (χ2v) is 3.79. The van der Waals surface area contributed by atoms with Gasteiger partial charge in [-0.3, -0.25) is 0 Å². The molecule has 0 amide bonds. The SMILES string of the molecule is C=CC[C@H](C(C)C)[C@H](O)CCC. The molecule has 12 heavy (non-hydrogen) atoms. The van der Waals surface area contributed by atoms with Crippen molar-refractivity contribution in [1.29, 1.82) is 0 Å². The van der Waals surface area contributed by atoms with E-state index in [1.165, 1.54) is 0 Å². The molecule has 0 aromatic carbocycles. The van der Waals surface area contributed by atoms with Crippen molar-refractivity contribution in [2.45, 2.75) is 46.1 Å². The van der Waals surface area contributed by atoms with Crippen LogP contribution < -0.4 is 0 Å². The molecule has 0 aromatic rings. The maximum atomic E-state index is 9.76. The van der Waals surface area contributed by atoms with Gasteiger partial charge in [-0.15, -0.1) is 6.58 Å². The zero-order valence-corrected chi connectivity index (χ0v) is 8.59. The van der Waals surface area contributed by atoms with Crippen molar-refractivity contribution < 1.29 is 5.11 Å². The third kappa shape index (κ3) is 3.91. The Morgan fingerprint density at radius 3 is 2.33 bits per heavy atom. The van der Waals surface area contributed by atoms with E-state index in [1.807, 2.05) is 6.08 Å². The van der Waals surface area contributed by atoms with Gasteiger partial charge in [0.1, 0.15) is 0 Å². The molecular weight excluding hydrogens is 148 g/mol. The van der Waals surface area contributed by atoms with Crippen LogP contribution in [0.15, 0.2) is 12.7 Å². The summed E-state index contributed by atoms with van der Waals surface area (Å²) in [6.45, 7) is 10.1. The van der Waals surface area contributed by atoms with Gasteiger partial charge in [-0.05, 0) is 24.7 Å². The molecule has 0 saturated heterocycles. The molecule has 0 spiro atoms. The Bertz CT molecular complexity index is 118. The molecule has 0 rings (SSSR count). The van der Waals surface area contributed by atoms with Crippen LogP contribution in [0.4, 0.5) is 0 Å². The van der Waals surface area contributed by atoms with E-state index in [9.17, 15) is 5.11 Å². The lowest BCUT2D eigenvalue weighted by Gasteiger charge is -2.24. The Morgan fingerprint density at radius 2 is 2.00 bits per heavy atom. The maximum absolute atomic E-state index is 9.76. The lowest BCUT2D eigenvalue weighted by molar-refractivity contribution is 0.0746. The third-order valence-electron chi connectivity index (χ3n) is 2.37. The Morgan fingerprint density at radius 1 is 1.42 bits per heavy atom. The summed E-state index contributed by atoms with van der Waals surface area (Å²) >= 11 is 0. The van der Waals surface area contributed by atoms with Gasteiger partial charge in [0.05, 0.1) is 6.10 Å². The highest BCUT2D eigenvalue weighted by atomic mass is 16.3. The van der Waals surface area contributed by atoms with Crippen LogP contribution in [0.2, 0.25) is 0 Å². The average Bonchev–Trinajstić information content (AvgIpc) is 1.99. The standard InChI is InChI=1S/C11H22O/c1-5-7-10(9(3)4)11(12)8-6-2/h5,9-12H,1,6-8H2,2-4H3/t10-,11-/m1/s1. The highest BCUT2D eigenvalue weighted by Crippen LogP contribution is 2.22. The fourth-order valence-corrected chi connectivity index (χ4v) is 1.58. The number of aliphatic hydroxyl groups is 1. The van der Waals surface area contributed by atoms with E-state index in [-0.39, 0.29) is 6.10 Å². The molecule has 0 radical (unpaired) electrons. The van der Waals surface area contributed by atoms with Gasteiger partial charge >= 0.3 is 0 Å². The molecular formula is C11H22O. The summed E-state index contributed by atoms with van der Waals surface area (Å²) in [6.07, 6.45) is 4.66. The number of rotatable bonds is 6. The second-order valence-electron chi connectivity index (χ2n) is 3.79. The Hall–Kier alpha value is -0.300. The molecule has 0 aromatic heterocycles. The molecule has 0 aliphatic rings. The number of hydrogen-bond acceptors (Lipinski definition) is 1. The van der Waals surface area contributed by atoms with Crippen molar-refractivity contribution in [3.8, 4) is 0 Å². The molecule has 0 aliphatic carbocycles. The Balaban J connectivity index is 3.98. The summed E-state index contributed by atoms with van der Waals surface area (Å²) in [7, 11) is 0. The highest BCUT2D eigenvalue weighted by molar-refractivity contribution is 4.79. The largest absolute Gasteiger partial charge is 0.393 e. The van der Waals surface area contributed by atoms with Crippen LogP contribution in [0.1, 0.15) is 40.0 Å². The van der Waals surface area contributed by atoms with E-state index in [0.29, 0.717) is 11.8 Å². The Kier molecular flexibility index (Phi) is 6.09. The van der Waals surface area contributed by atoms with Gasteiger partial charge < -0.3 is 5.11 Å². The first-order valence-corrected chi connectivity index (χ1v) is 4.92. The van der Waals surface area contributed by atoms with Crippen molar-refractivity contribution in [2.75, 3.05) is 0 Å². The van der Waals surface area contributed by atoms with Gasteiger partial charge in [0.15, 0.2) is 0 Å². The van der Waals surface area contributed by atoms with Gasteiger partial charge in [0.25, 0.3) is 0 Å². The molecule has 0 aliphatic heterocycles. The van der Waals surface area contributed by atoms with Crippen molar-refractivity contribution in [1.82, 2.24) is 0 Å². The zero-order valence-electron chi connectivity index (χ0n) is 8.59. The van der Waals surface area contributed by atoms with Gasteiger partial charge in [-0.2, -0.15) is 0 Å². The summed E-state index contributed by atoms with van der Waals surface area (Å²) in [6, 6.07) is 0. The molecule has 0 bridgehead atoms. The number of allylic oxidation sites excluding steroid dienone is 1. The Labute approximate surface area is 76.5 Å². The quantitative estimate of drug-likeness (QED) is 0.608. The van der Waals surface area contributed by atoms with Crippen LogP contribution in [-0.2, 0) is 0 Å². The molecule has 0 unspecified atom stereocenters. The van der Waals surface area contributed by atoms with E-state index in [0.717, 1.165) is 19.3 Å². The molecule has 1 heteroatoms. The van der Waals surface area contributed by atoms with Crippen LogP contribution in [0, 0.1) is 11.8 Å². The van der Waals surface area contributed by atoms with Crippen LogP contribution in [0.5, 0.6) is 0 Å². The minimum atomic E-state index is -0.145. The fraction of sp³-hybridized carbons (Fsp3) is 0.818. The first-order chi connectivity index (χ1) is 5.63. The van der Waals surface area contributed by atoms with Crippen LogP contribution in [0.3, 0.4) is 0 Å². The zero-order chi connectivity index (χ0) is 9.56. The van der Waals surface area contributed by atoms with E-state index < -0.39 is 0 Å². The monoisotopic (exact) mass is 170 g/mol. The van der Waals surface area contributed by atoms with E-state index >= 15 is 0 Å². The van der Waals surface area contributed by atoms with Gasteiger partial charge in [-0.25, -0.2) is 0 Å². The number of hydrogen-bond donors (Lipinski definition) is 1. The van der Waals surface area contributed by atoms with E-state index in [2.05, 4.69) is 27.4 Å². The minimum Gasteiger partial charge on any atom is -0.393 e. The third-order valence-corrected chi connectivity index (χ3v) is 2.37. The molecule has 1 nitrogen and oxygen atoms in total. The van der Waals surface area contributed by atoms with E-state index in [4.69, 9.17) is 0 Å². The summed E-state index contributed by atoms with van der Waals surface area (Å²) in [5, 5.41) is 9.76. The molecule has 0 saturated carbocycles. The predicted octanol–water partition coefficient (Wildman–Crippen LogP) is 3.00. The van der Waals surface area contributed by atoms with Crippen LogP contribution in [0.25, 0.3) is 0 Å². The van der Waals surface area contributed by atoms with Crippen LogP contribution in [-0.4, -0.2) is 11.2 Å². The summed E-state index contributed by atoms with van der Waals surface area (Å²) in [5.41, 5.74) is 0. The van der Waals surface area contributed by atoms with Gasteiger partial charge in [0.2, 0.25) is 0 Å². The summed E-state index contributed by atoms with van der Waals surface area (Å²) in [4.78, 5) is 0. The van der Waals surface area contributed by atoms with Gasteiger partial charge in [-0.1, -0.05) is 33.3 Å². The molecule has 0 heterocycles. The summed E-state index contributed by atoms with van der Waals surface area (Å²) in [5.74, 6) is 0.937. The van der Waals surface area contributed by atoms with Crippen molar-refractivity contribution >= 4 is 0 Å². The van der Waals surface area contributed by atoms with Crippen molar-refractivity contribution in [3.63, 3.8) is 0 Å².